The molecule has 0 heterocycles. The summed E-state index contributed by atoms with van der Waals surface area (Å²) in [6.45, 7) is 0. The van der Waals surface area contributed by atoms with Crippen LogP contribution in [0.25, 0.3) is 0 Å². The lowest BCUT2D eigenvalue weighted by Gasteiger charge is -2.11. The Labute approximate surface area is 128 Å². The molecule has 0 aliphatic carbocycles. The molecule has 2 rings (SSSR count). The summed E-state index contributed by atoms with van der Waals surface area (Å²) >= 11 is 1.40. The van der Waals surface area contributed by atoms with Gasteiger partial charge in [-0.3, -0.25) is 4.79 Å². The number of benzene rings is 2. The van der Waals surface area contributed by atoms with E-state index >= 15 is 0 Å². The van der Waals surface area contributed by atoms with E-state index in [1.807, 2.05) is 49.3 Å². The average Bonchev–Trinajstić information content (AvgIpc) is 2.47. The summed E-state index contributed by atoms with van der Waals surface area (Å²) in [5, 5.41) is 0. The molecule has 2 aromatic rings. The molecular weight excluding hydrogens is 285 g/mol. The van der Waals surface area contributed by atoms with E-state index in [9.17, 15) is 9.18 Å². The molecule has 0 spiro atoms. The first-order valence-corrected chi connectivity index (χ1v) is 7.29. The zero-order chi connectivity index (χ0) is 15.2. The number of rotatable bonds is 5. The molecular formula is C17H16FNOS. The zero-order valence-corrected chi connectivity index (χ0v) is 12.7. The first-order valence-electron chi connectivity index (χ1n) is 6.47. The molecule has 2 aromatic carbocycles. The van der Waals surface area contributed by atoms with E-state index in [0.717, 1.165) is 4.90 Å². The van der Waals surface area contributed by atoms with Gasteiger partial charge < -0.3 is 4.90 Å². The Morgan fingerprint density at radius 3 is 2.24 bits per heavy atom. The van der Waals surface area contributed by atoms with Gasteiger partial charge in [-0.2, -0.15) is 0 Å². The third-order valence-electron chi connectivity index (χ3n) is 2.68. The molecule has 0 saturated carbocycles. The van der Waals surface area contributed by atoms with Gasteiger partial charge in [0.25, 0.3) is 0 Å². The molecule has 0 aromatic heterocycles. The smallest absolute Gasteiger partial charge is 0.201 e. The van der Waals surface area contributed by atoms with Crippen molar-refractivity contribution in [1.82, 2.24) is 4.90 Å². The van der Waals surface area contributed by atoms with Crippen LogP contribution in [-0.4, -0.2) is 24.8 Å². The third-order valence-corrected chi connectivity index (χ3v) is 3.70. The summed E-state index contributed by atoms with van der Waals surface area (Å²) in [5.41, 5.74) is 0.480. The average molecular weight is 301 g/mol. The van der Waals surface area contributed by atoms with E-state index < -0.39 is 0 Å². The van der Waals surface area contributed by atoms with Crippen LogP contribution in [0.5, 0.6) is 0 Å². The Morgan fingerprint density at radius 1 is 1.05 bits per heavy atom. The van der Waals surface area contributed by atoms with E-state index in [2.05, 4.69) is 0 Å². The van der Waals surface area contributed by atoms with Gasteiger partial charge in [0.15, 0.2) is 0 Å². The molecule has 2 nitrogen and oxygen atoms in total. The molecule has 21 heavy (non-hydrogen) atoms. The van der Waals surface area contributed by atoms with Crippen molar-refractivity contribution < 1.29 is 9.18 Å². The molecule has 108 valence electrons. The molecule has 0 aliphatic rings. The first-order chi connectivity index (χ1) is 10.1. The van der Waals surface area contributed by atoms with Crippen molar-refractivity contribution in [2.24, 2.45) is 0 Å². The van der Waals surface area contributed by atoms with Crippen molar-refractivity contribution in [2.75, 3.05) is 14.1 Å². The first kappa shape index (κ1) is 15.3. The topological polar surface area (TPSA) is 20.3 Å². The predicted molar refractivity (Wildman–Crippen MR) is 84.8 cm³/mol. The number of halogens is 1. The fraction of sp³-hybridized carbons (Fsp3) is 0.118. The van der Waals surface area contributed by atoms with Crippen LogP contribution in [-0.2, 0) is 0 Å². The summed E-state index contributed by atoms with van der Waals surface area (Å²) in [5.74, 6) is -0.460. The predicted octanol–water partition coefficient (Wildman–Crippen LogP) is 4.20. The monoisotopic (exact) mass is 301 g/mol. The second kappa shape index (κ2) is 7.09. The van der Waals surface area contributed by atoms with Crippen LogP contribution in [0.15, 0.2) is 70.6 Å². The van der Waals surface area contributed by atoms with Gasteiger partial charge in [0.1, 0.15) is 5.82 Å². The van der Waals surface area contributed by atoms with Gasteiger partial charge in [0.2, 0.25) is 5.78 Å². The summed E-state index contributed by atoms with van der Waals surface area (Å²) in [6.07, 6.45) is 1.78. The van der Waals surface area contributed by atoms with Gasteiger partial charge in [0.05, 0.1) is 4.91 Å². The van der Waals surface area contributed by atoms with Crippen LogP contribution in [0.1, 0.15) is 10.4 Å². The SMILES string of the molecule is CN(C)/C=C(\Sc1ccccc1)C(=O)c1ccc(F)cc1. The number of Topliss-reactive ketones (excluding diaryl/α,β-unsaturated/α-hetero) is 1. The highest BCUT2D eigenvalue weighted by Crippen LogP contribution is 2.29. The molecule has 0 atom stereocenters. The maximum atomic E-state index is 13.0. The summed E-state index contributed by atoms with van der Waals surface area (Å²) in [7, 11) is 3.73. The standard InChI is InChI=1S/C17H16FNOS/c1-19(2)12-16(21-15-6-4-3-5-7-15)17(20)13-8-10-14(18)11-9-13/h3-12H,1-2H3/b16-12-. The summed E-state index contributed by atoms with van der Waals surface area (Å²) in [6, 6.07) is 15.3. The van der Waals surface area contributed by atoms with Gasteiger partial charge in [-0.1, -0.05) is 30.0 Å². The highest BCUT2D eigenvalue weighted by atomic mass is 32.2. The highest BCUT2D eigenvalue weighted by Gasteiger charge is 2.14. The Bertz CT molecular complexity index is 636. The van der Waals surface area contributed by atoms with Crippen LogP contribution in [0.4, 0.5) is 4.39 Å². The second-order valence-corrected chi connectivity index (χ2v) is 5.82. The molecule has 0 fully saturated rings. The maximum Gasteiger partial charge on any atom is 0.201 e. The lowest BCUT2D eigenvalue weighted by molar-refractivity contribution is 0.104. The molecule has 4 heteroatoms. The van der Waals surface area contributed by atoms with E-state index in [1.165, 1.54) is 36.0 Å². The van der Waals surface area contributed by atoms with E-state index in [0.29, 0.717) is 10.5 Å². The van der Waals surface area contributed by atoms with Crippen molar-refractivity contribution in [2.45, 2.75) is 4.90 Å². The fourth-order valence-electron chi connectivity index (χ4n) is 1.72. The van der Waals surface area contributed by atoms with Crippen molar-refractivity contribution in [3.63, 3.8) is 0 Å². The van der Waals surface area contributed by atoms with Crippen molar-refractivity contribution >= 4 is 17.5 Å². The molecule has 0 radical (unpaired) electrons. The summed E-state index contributed by atoms with van der Waals surface area (Å²) in [4.78, 5) is 16.0. The number of thioether (sulfide) groups is 1. The molecule has 0 amide bonds. The molecule has 0 N–H and O–H groups in total. The molecule has 0 saturated heterocycles. The van der Waals surface area contributed by atoms with Crippen LogP contribution in [0, 0.1) is 5.82 Å². The lowest BCUT2D eigenvalue weighted by Crippen LogP contribution is -2.08. The largest absolute Gasteiger partial charge is 0.382 e. The number of nitrogens with zero attached hydrogens (tertiary/aromatic N) is 1. The maximum absolute atomic E-state index is 13.0. The minimum Gasteiger partial charge on any atom is -0.382 e. The second-order valence-electron chi connectivity index (χ2n) is 4.71. The molecule has 0 aliphatic heterocycles. The third kappa shape index (κ3) is 4.46. The van der Waals surface area contributed by atoms with E-state index in [4.69, 9.17) is 0 Å². The normalized spacial score (nSPS) is 11.3. The van der Waals surface area contributed by atoms with E-state index in [1.54, 1.807) is 6.20 Å². The lowest BCUT2D eigenvalue weighted by atomic mass is 10.1. The van der Waals surface area contributed by atoms with Gasteiger partial charge in [-0.15, -0.1) is 0 Å². The van der Waals surface area contributed by atoms with Gasteiger partial charge >= 0.3 is 0 Å². The Morgan fingerprint density at radius 2 is 1.67 bits per heavy atom. The summed E-state index contributed by atoms with van der Waals surface area (Å²) < 4.78 is 13.0. The number of carbonyl (C=O) groups excluding carboxylic acids is 1. The number of allylic oxidation sites excluding steroid dienone is 1. The van der Waals surface area contributed by atoms with Gasteiger partial charge in [-0.05, 0) is 36.4 Å². The minimum absolute atomic E-state index is 0.113. The van der Waals surface area contributed by atoms with Gasteiger partial charge in [-0.25, -0.2) is 4.39 Å². The Hall–Kier alpha value is -2.07. The number of hydrogen-bond acceptors (Lipinski definition) is 3. The van der Waals surface area contributed by atoms with Crippen LogP contribution in [0.2, 0.25) is 0 Å². The van der Waals surface area contributed by atoms with E-state index in [-0.39, 0.29) is 11.6 Å². The molecule has 0 bridgehead atoms. The number of hydrogen-bond donors (Lipinski definition) is 0. The van der Waals surface area contributed by atoms with Crippen LogP contribution in [0.3, 0.4) is 0 Å². The minimum atomic E-state index is -0.347. The quantitative estimate of drug-likeness (QED) is 0.469. The van der Waals surface area contributed by atoms with Crippen molar-refractivity contribution in [3.8, 4) is 0 Å². The zero-order valence-electron chi connectivity index (χ0n) is 11.9. The van der Waals surface area contributed by atoms with Gasteiger partial charge in [0, 0.05) is 30.8 Å². The molecule has 0 unspecified atom stereocenters. The highest BCUT2D eigenvalue weighted by molar-refractivity contribution is 8.04. The number of ketones is 1. The fourth-order valence-corrected chi connectivity index (χ4v) is 2.75. The Kier molecular flexibility index (Phi) is 5.17. The Balaban J connectivity index is 2.28. The van der Waals surface area contributed by atoms with Crippen molar-refractivity contribution in [3.05, 3.63) is 77.1 Å². The van der Waals surface area contributed by atoms with Crippen molar-refractivity contribution in [1.29, 1.82) is 0 Å². The van der Waals surface area contributed by atoms with Crippen LogP contribution < -0.4 is 0 Å². The number of carbonyl (C=O) groups is 1. The van der Waals surface area contributed by atoms with Crippen LogP contribution >= 0.6 is 11.8 Å².